The van der Waals surface area contributed by atoms with E-state index in [1.807, 2.05) is 23.4 Å². The van der Waals surface area contributed by atoms with Gasteiger partial charge < -0.3 is 9.88 Å². The van der Waals surface area contributed by atoms with Crippen LogP contribution in [-0.4, -0.2) is 52.4 Å². The van der Waals surface area contributed by atoms with E-state index in [9.17, 15) is 9.59 Å². The van der Waals surface area contributed by atoms with Crippen molar-refractivity contribution in [1.29, 1.82) is 0 Å². The molecule has 4 rings (SSSR count). The van der Waals surface area contributed by atoms with E-state index in [2.05, 4.69) is 21.9 Å². The zero-order valence-corrected chi connectivity index (χ0v) is 14.8. The molecule has 7 heteroatoms. The molecule has 24 heavy (non-hydrogen) atoms. The lowest BCUT2D eigenvalue weighted by molar-refractivity contribution is -0.134. The number of nitrogens with one attached hydrogen (secondary N) is 1. The second-order valence-electron chi connectivity index (χ2n) is 7.19. The molecule has 1 saturated carbocycles. The van der Waals surface area contributed by atoms with Crippen LogP contribution in [0.3, 0.4) is 0 Å². The Morgan fingerprint density at radius 3 is 3.00 bits per heavy atom. The van der Waals surface area contributed by atoms with Crippen LogP contribution in [0.15, 0.2) is 16.2 Å². The van der Waals surface area contributed by atoms with Crippen LogP contribution in [0.5, 0.6) is 0 Å². The fourth-order valence-corrected chi connectivity index (χ4v) is 4.93. The predicted molar refractivity (Wildman–Crippen MR) is 94.0 cm³/mol. The summed E-state index contributed by atoms with van der Waals surface area (Å²) in [5, 5.41) is 1.90. The highest BCUT2D eigenvalue weighted by Gasteiger charge is 2.41. The molecule has 3 atom stereocenters. The Morgan fingerprint density at radius 2 is 2.17 bits per heavy atom. The first-order chi connectivity index (χ1) is 11.5. The van der Waals surface area contributed by atoms with E-state index in [-0.39, 0.29) is 11.5 Å². The second kappa shape index (κ2) is 5.97. The number of hydrogen-bond acceptors (Lipinski definition) is 5. The Labute approximate surface area is 144 Å². The number of hydrogen-bond donors (Lipinski definition) is 1. The Kier molecular flexibility index (Phi) is 3.92. The molecule has 1 saturated heterocycles. The molecule has 6 nitrogen and oxygen atoms in total. The molecule has 1 aliphatic carbocycles. The summed E-state index contributed by atoms with van der Waals surface area (Å²) in [4.78, 5) is 35.6. The largest absolute Gasteiger partial charge is 0.345 e. The molecule has 0 bridgehead atoms. The van der Waals surface area contributed by atoms with Crippen LogP contribution in [0.2, 0.25) is 0 Å². The van der Waals surface area contributed by atoms with Crippen LogP contribution in [0, 0.1) is 11.8 Å². The number of thiophene rings is 1. The lowest BCUT2D eigenvalue weighted by Gasteiger charge is -2.31. The van der Waals surface area contributed by atoms with Crippen molar-refractivity contribution in [3.05, 3.63) is 27.6 Å². The molecule has 2 aromatic rings. The minimum absolute atomic E-state index is 0.0503. The van der Waals surface area contributed by atoms with Crippen LogP contribution in [0.1, 0.15) is 25.1 Å². The van der Waals surface area contributed by atoms with Gasteiger partial charge in [-0.2, -0.15) is 0 Å². The third-order valence-corrected chi connectivity index (χ3v) is 6.48. The monoisotopic (exact) mass is 346 g/mol. The lowest BCUT2D eigenvalue weighted by Crippen LogP contribution is -2.39. The van der Waals surface area contributed by atoms with Gasteiger partial charge in [0, 0.05) is 26.1 Å². The Bertz CT molecular complexity index is 829. The molecular formula is C17H22N4O2S. The van der Waals surface area contributed by atoms with Crippen molar-refractivity contribution in [2.45, 2.75) is 31.8 Å². The van der Waals surface area contributed by atoms with Gasteiger partial charge in [-0.1, -0.05) is 0 Å². The molecule has 0 spiro atoms. The molecular weight excluding hydrogens is 324 g/mol. The molecule has 1 N–H and O–H groups in total. The summed E-state index contributed by atoms with van der Waals surface area (Å²) in [6.07, 6.45) is 2.86. The summed E-state index contributed by atoms with van der Waals surface area (Å²) in [6, 6.07) is 2.34. The highest BCUT2D eigenvalue weighted by molar-refractivity contribution is 7.17. The number of aromatic nitrogens is 2. The summed E-state index contributed by atoms with van der Waals surface area (Å²) in [6.45, 7) is 1.51. The first-order valence-corrected chi connectivity index (χ1v) is 9.30. The number of likely N-dealkylation sites (tertiary alicyclic amines) is 1. The minimum atomic E-state index is -0.0503. The highest BCUT2D eigenvalue weighted by Crippen LogP contribution is 2.40. The van der Waals surface area contributed by atoms with E-state index >= 15 is 0 Å². The maximum atomic E-state index is 12.1. The number of carbonyl (C=O) groups excluding carboxylic acids is 1. The summed E-state index contributed by atoms with van der Waals surface area (Å²) in [5.74, 6) is 2.10. The molecule has 1 aliphatic heterocycles. The van der Waals surface area contributed by atoms with Gasteiger partial charge in [0.25, 0.3) is 5.56 Å². The molecule has 2 aliphatic rings. The molecule has 2 fully saturated rings. The number of carbonyl (C=O) groups is 1. The number of rotatable bonds is 3. The van der Waals surface area contributed by atoms with Crippen LogP contribution < -0.4 is 5.56 Å². The normalized spacial score (nSPS) is 27.2. The number of nitrogens with zero attached hydrogens (tertiary/aromatic N) is 3. The third-order valence-electron chi connectivity index (χ3n) is 5.57. The maximum absolute atomic E-state index is 12.1. The third kappa shape index (κ3) is 2.75. The molecule has 0 unspecified atom stereocenters. The number of fused-ring (bicyclic) bond motifs is 2. The fraction of sp³-hybridized carbons (Fsp3) is 0.588. The minimum Gasteiger partial charge on any atom is -0.345 e. The van der Waals surface area contributed by atoms with Crippen molar-refractivity contribution in [1.82, 2.24) is 19.8 Å². The van der Waals surface area contributed by atoms with Crippen molar-refractivity contribution in [2.75, 3.05) is 20.6 Å². The van der Waals surface area contributed by atoms with Gasteiger partial charge in [-0.3, -0.25) is 14.5 Å². The maximum Gasteiger partial charge on any atom is 0.268 e. The molecule has 0 radical (unpaired) electrons. The summed E-state index contributed by atoms with van der Waals surface area (Å²) in [7, 11) is 3.99. The van der Waals surface area contributed by atoms with Crippen LogP contribution in [0.25, 0.3) is 10.2 Å². The average molecular weight is 346 g/mol. The van der Waals surface area contributed by atoms with E-state index in [4.69, 9.17) is 0 Å². The summed E-state index contributed by atoms with van der Waals surface area (Å²) >= 11 is 1.42. The lowest BCUT2D eigenvalue weighted by atomic mass is 9.88. The van der Waals surface area contributed by atoms with Crippen molar-refractivity contribution in [3.63, 3.8) is 0 Å². The van der Waals surface area contributed by atoms with Gasteiger partial charge in [-0.05, 0) is 43.2 Å². The van der Waals surface area contributed by atoms with Crippen LogP contribution in [0.4, 0.5) is 0 Å². The van der Waals surface area contributed by atoms with E-state index in [0.717, 1.165) is 30.7 Å². The van der Waals surface area contributed by atoms with Crippen LogP contribution in [-0.2, 0) is 11.3 Å². The van der Waals surface area contributed by atoms with Gasteiger partial charge in [0.2, 0.25) is 5.91 Å². The average Bonchev–Trinajstić information content (AvgIpc) is 3.14. The summed E-state index contributed by atoms with van der Waals surface area (Å²) in [5.41, 5.74) is 0.727. The van der Waals surface area contributed by atoms with Crippen molar-refractivity contribution < 1.29 is 4.79 Å². The number of aromatic amines is 1. The van der Waals surface area contributed by atoms with Crippen molar-refractivity contribution in [2.24, 2.45) is 11.8 Å². The number of piperidine rings is 1. The van der Waals surface area contributed by atoms with E-state index in [1.165, 1.54) is 11.3 Å². The fourth-order valence-electron chi connectivity index (χ4n) is 4.21. The smallest absolute Gasteiger partial charge is 0.268 e. The number of H-pyrrole nitrogens is 1. The highest BCUT2D eigenvalue weighted by atomic mass is 32.1. The van der Waals surface area contributed by atoms with E-state index in [0.29, 0.717) is 35.5 Å². The Hall–Kier alpha value is -1.73. The van der Waals surface area contributed by atoms with E-state index < -0.39 is 0 Å². The quantitative estimate of drug-likeness (QED) is 0.918. The Balaban J connectivity index is 1.47. The van der Waals surface area contributed by atoms with Gasteiger partial charge in [0.05, 0.1) is 12.1 Å². The molecule has 1 amide bonds. The van der Waals surface area contributed by atoms with Gasteiger partial charge >= 0.3 is 0 Å². The van der Waals surface area contributed by atoms with Crippen molar-refractivity contribution >= 4 is 27.5 Å². The molecule has 128 valence electrons. The van der Waals surface area contributed by atoms with Gasteiger partial charge in [-0.15, -0.1) is 11.3 Å². The topological polar surface area (TPSA) is 69.3 Å². The van der Waals surface area contributed by atoms with Gasteiger partial charge in [0.1, 0.15) is 10.5 Å². The SMILES string of the molecule is CN1C[C@H]2C[C@@H](N(C)Cc3nc4ccsc4c(=O)[nH]3)C[C@H]2CC1=O. The Morgan fingerprint density at radius 1 is 1.38 bits per heavy atom. The zero-order chi connectivity index (χ0) is 16.8. The van der Waals surface area contributed by atoms with Gasteiger partial charge in [0.15, 0.2) is 0 Å². The summed E-state index contributed by atoms with van der Waals surface area (Å²) < 4.78 is 0.690. The van der Waals surface area contributed by atoms with Gasteiger partial charge in [-0.25, -0.2) is 4.98 Å². The van der Waals surface area contributed by atoms with E-state index in [1.54, 1.807) is 0 Å². The van der Waals surface area contributed by atoms with Crippen molar-refractivity contribution in [3.8, 4) is 0 Å². The zero-order valence-electron chi connectivity index (χ0n) is 14.0. The molecule has 2 aromatic heterocycles. The van der Waals surface area contributed by atoms with Crippen LogP contribution >= 0.6 is 11.3 Å². The second-order valence-corrected chi connectivity index (χ2v) is 8.10. The molecule has 0 aromatic carbocycles. The first kappa shape index (κ1) is 15.8. The molecule has 3 heterocycles. The first-order valence-electron chi connectivity index (χ1n) is 8.42. The standard InChI is InChI=1S/C17H22N4O2S/c1-20(9-14-18-13-3-4-24-16(13)17(23)19-14)12-5-10-7-15(22)21(2)8-11(10)6-12/h3-4,10-12H,5-9H2,1-2H3,(H,18,19,23)/t10-,11+,12-/m0/s1. The predicted octanol–water partition coefficient (Wildman–Crippen LogP) is 1.67. The number of amides is 1.